The standard InChI is InChI=1S/C38H35BrClNS/c1-37(2,3)25-14-18-27(19-15-25)41(28-20-16-26(17-21-28)38(4,5)6)32-23-24(22-31(39)36(32)40)29-11-9-13-34-35(29)30-10-7-8-12-33(30)42-34/h7-23H,1-6H3. The first-order chi connectivity index (χ1) is 19.9. The number of rotatable bonds is 4. The summed E-state index contributed by atoms with van der Waals surface area (Å²) in [4.78, 5) is 2.28. The van der Waals surface area contributed by atoms with Crippen LogP contribution in [-0.4, -0.2) is 0 Å². The molecule has 0 N–H and O–H groups in total. The smallest absolute Gasteiger partial charge is 0.0789 e. The Morgan fingerprint density at radius 1 is 0.643 bits per heavy atom. The molecule has 6 aromatic rings. The van der Waals surface area contributed by atoms with Crippen LogP contribution in [0.25, 0.3) is 31.3 Å². The highest BCUT2D eigenvalue weighted by molar-refractivity contribution is 9.10. The molecule has 0 aliphatic heterocycles. The van der Waals surface area contributed by atoms with Crippen LogP contribution in [0.15, 0.2) is 108 Å². The normalized spacial score (nSPS) is 12.3. The van der Waals surface area contributed by atoms with E-state index in [1.807, 2.05) is 11.3 Å². The molecule has 0 saturated carbocycles. The zero-order valence-electron chi connectivity index (χ0n) is 24.9. The van der Waals surface area contributed by atoms with Crippen LogP contribution in [0, 0.1) is 0 Å². The van der Waals surface area contributed by atoms with E-state index < -0.39 is 0 Å². The van der Waals surface area contributed by atoms with Gasteiger partial charge in [-0.3, -0.25) is 0 Å². The summed E-state index contributed by atoms with van der Waals surface area (Å²) in [5.41, 5.74) is 8.13. The Balaban J connectivity index is 1.57. The van der Waals surface area contributed by atoms with Crippen LogP contribution < -0.4 is 4.90 Å². The first kappa shape index (κ1) is 29.0. The summed E-state index contributed by atoms with van der Waals surface area (Å²) in [5, 5.41) is 3.25. The van der Waals surface area contributed by atoms with Gasteiger partial charge in [-0.05, 0) is 97.5 Å². The summed E-state index contributed by atoms with van der Waals surface area (Å²) < 4.78 is 3.46. The summed E-state index contributed by atoms with van der Waals surface area (Å²) in [6.07, 6.45) is 0. The van der Waals surface area contributed by atoms with Crippen LogP contribution in [0.1, 0.15) is 52.7 Å². The lowest BCUT2D eigenvalue weighted by molar-refractivity contribution is 0.590. The minimum Gasteiger partial charge on any atom is -0.309 e. The SMILES string of the molecule is CC(C)(C)c1ccc(N(c2ccc(C(C)(C)C)cc2)c2cc(-c3cccc4sc5ccccc5c34)cc(Br)c2Cl)cc1. The first-order valence-corrected chi connectivity index (χ1v) is 16.3. The highest BCUT2D eigenvalue weighted by atomic mass is 79.9. The van der Waals surface area contributed by atoms with Gasteiger partial charge in [-0.2, -0.15) is 0 Å². The largest absolute Gasteiger partial charge is 0.309 e. The van der Waals surface area contributed by atoms with Crippen LogP contribution in [0.5, 0.6) is 0 Å². The molecule has 0 atom stereocenters. The molecule has 42 heavy (non-hydrogen) atoms. The van der Waals surface area contributed by atoms with Gasteiger partial charge in [0, 0.05) is 36.0 Å². The molecule has 0 spiro atoms. The summed E-state index contributed by atoms with van der Waals surface area (Å²) >= 11 is 12.8. The third-order valence-electron chi connectivity index (χ3n) is 7.95. The van der Waals surface area contributed by atoms with Gasteiger partial charge in [0.15, 0.2) is 0 Å². The van der Waals surface area contributed by atoms with E-state index in [9.17, 15) is 0 Å². The maximum absolute atomic E-state index is 7.16. The third-order valence-corrected chi connectivity index (χ3v) is 10.3. The zero-order valence-corrected chi connectivity index (χ0v) is 28.1. The molecule has 0 aliphatic rings. The summed E-state index contributed by atoms with van der Waals surface area (Å²) in [5.74, 6) is 0. The average molecular weight is 653 g/mol. The lowest BCUT2D eigenvalue weighted by Gasteiger charge is -2.29. The zero-order chi connectivity index (χ0) is 29.8. The van der Waals surface area contributed by atoms with E-state index in [0.29, 0.717) is 5.02 Å². The second kappa shape index (κ2) is 10.9. The Kier molecular flexibility index (Phi) is 7.50. The van der Waals surface area contributed by atoms with Crippen molar-refractivity contribution in [3.8, 4) is 11.1 Å². The van der Waals surface area contributed by atoms with Crippen molar-refractivity contribution in [3.63, 3.8) is 0 Å². The molecule has 0 bridgehead atoms. The van der Waals surface area contributed by atoms with Crippen molar-refractivity contribution in [2.45, 2.75) is 52.4 Å². The van der Waals surface area contributed by atoms with E-state index in [-0.39, 0.29) is 10.8 Å². The molecule has 1 aromatic heterocycles. The van der Waals surface area contributed by atoms with Crippen molar-refractivity contribution < 1.29 is 0 Å². The molecular formula is C38H35BrClNS. The van der Waals surface area contributed by atoms with Crippen molar-refractivity contribution in [1.29, 1.82) is 0 Å². The average Bonchev–Trinajstić information content (AvgIpc) is 3.34. The maximum Gasteiger partial charge on any atom is 0.0789 e. The molecule has 6 rings (SSSR count). The Morgan fingerprint density at radius 2 is 1.19 bits per heavy atom. The fourth-order valence-corrected chi connectivity index (χ4v) is 7.33. The lowest BCUT2D eigenvalue weighted by atomic mass is 9.86. The number of hydrogen-bond acceptors (Lipinski definition) is 2. The molecule has 5 aromatic carbocycles. The van der Waals surface area contributed by atoms with Crippen LogP contribution >= 0.6 is 38.9 Å². The Labute approximate surface area is 266 Å². The van der Waals surface area contributed by atoms with Gasteiger partial charge in [0.1, 0.15) is 0 Å². The molecule has 1 heterocycles. The second-order valence-corrected chi connectivity index (χ2v) is 15.3. The number of fused-ring (bicyclic) bond motifs is 3. The maximum atomic E-state index is 7.16. The van der Waals surface area contributed by atoms with Crippen LogP contribution in [0.4, 0.5) is 17.1 Å². The van der Waals surface area contributed by atoms with Crippen molar-refractivity contribution in [3.05, 3.63) is 124 Å². The fraction of sp³-hybridized carbons (Fsp3) is 0.211. The molecule has 0 unspecified atom stereocenters. The van der Waals surface area contributed by atoms with Crippen LogP contribution in [0.3, 0.4) is 0 Å². The Hall–Kier alpha value is -3.11. The summed E-state index contributed by atoms with van der Waals surface area (Å²) in [6, 6.07) is 37.4. The predicted octanol–water partition coefficient (Wildman–Crippen LogP) is 13.2. The molecule has 0 amide bonds. The molecule has 4 heteroatoms. The van der Waals surface area contributed by atoms with E-state index in [0.717, 1.165) is 27.1 Å². The molecule has 1 nitrogen and oxygen atoms in total. The lowest BCUT2D eigenvalue weighted by Crippen LogP contribution is -2.14. The predicted molar refractivity (Wildman–Crippen MR) is 190 cm³/mol. The third kappa shape index (κ3) is 5.39. The highest BCUT2D eigenvalue weighted by Gasteiger charge is 2.22. The van der Waals surface area contributed by atoms with Crippen molar-refractivity contribution >= 4 is 76.1 Å². The number of anilines is 3. The van der Waals surface area contributed by atoms with Gasteiger partial charge in [0.05, 0.1) is 10.7 Å². The minimum absolute atomic E-state index is 0.0697. The Morgan fingerprint density at radius 3 is 1.76 bits per heavy atom. The first-order valence-electron chi connectivity index (χ1n) is 14.3. The van der Waals surface area contributed by atoms with Gasteiger partial charge in [-0.1, -0.05) is 108 Å². The van der Waals surface area contributed by atoms with Gasteiger partial charge in [0.25, 0.3) is 0 Å². The topological polar surface area (TPSA) is 3.24 Å². The molecule has 0 radical (unpaired) electrons. The van der Waals surface area contributed by atoms with E-state index in [4.69, 9.17) is 11.6 Å². The molecule has 0 fully saturated rings. The molecule has 0 aliphatic carbocycles. The number of thiophene rings is 1. The van der Waals surface area contributed by atoms with Crippen molar-refractivity contribution in [2.75, 3.05) is 4.90 Å². The van der Waals surface area contributed by atoms with Gasteiger partial charge in [-0.25, -0.2) is 0 Å². The summed E-state index contributed by atoms with van der Waals surface area (Å²) in [6.45, 7) is 13.5. The quantitative estimate of drug-likeness (QED) is 0.183. The number of nitrogens with zero attached hydrogens (tertiary/aromatic N) is 1. The Bertz CT molecular complexity index is 1850. The van der Waals surface area contributed by atoms with E-state index in [1.54, 1.807) is 0 Å². The minimum atomic E-state index is 0.0697. The van der Waals surface area contributed by atoms with Crippen LogP contribution in [-0.2, 0) is 10.8 Å². The van der Waals surface area contributed by atoms with Gasteiger partial charge in [-0.15, -0.1) is 11.3 Å². The van der Waals surface area contributed by atoms with E-state index in [2.05, 4.69) is 166 Å². The van der Waals surface area contributed by atoms with Crippen molar-refractivity contribution in [2.24, 2.45) is 0 Å². The highest BCUT2D eigenvalue weighted by Crippen LogP contribution is 2.47. The number of hydrogen-bond donors (Lipinski definition) is 0. The number of benzene rings is 5. The number of halogens is 2. The summed E-state index contributed by atoms with van der Waals surface area (Å²) in [7, 11) is 0. The van der Waals surface area contributed by atoms with Crippen molar-refractivity contribution in [1.82, 2.24) is 0 Å². The molecule has 212 valence electrons. The second-order valence-electron chi connectivity index (χ2n) is 13.0. The fourth-order valence-electron chi connectivity index (χ4n) is 5.56. The monoisotopic (exact) mass is 651 g/mol. The van der Waals surface area contributed by atoms with E-state index >= 15 is 0 Å². The van der Waals surface area contributed by atoms with Gasteiger partial charge in [0.2, 0.25) is 0 Å². The van der Waals surface area contributed by atoms with Gasteiger partial charge < -0.3 is 4.90 Å². The molecule has 0 saturated heterocycles. The van der Waals surface area contributed by atoms with Crippen LogP contribution in [0.2, 0.25) is 5.02 Å². The van der Waals surface area contributed by atoms with Gasteiger partial charge >= 0.3 is 0 Å². The molecular weight excluding hydrogens is 618 g/mol. The van der Waals surface area contributed by atoms with E-state index in [1.165, 1.54) is 36.9 Å².